The summed E-state index contributed by atoms with van der Waals surface area (Å²) in [5.41, 5.74) is 0. The van der Waals surface area contributed by atoms with Crippen LogP contribution in [0, 0.1) is 5.92 Å². The van der Waals surface area contributed by atoms with Crippen LogP contribution in [0.3, 0.4) is 0 Å². The number of rotatable bonds is 3. The molecular weight excluding hydrogens is 174 g/mol. The quantitative estimate of drug-likeness (QED) is 0.703. The first kappa shape index (κ1) is 9.99. The predicted molar refractivity (Wildman–Crippen MR) is 49.9 cm³/mol. The second kappa shape index (κ2) is 4.23. The lowest BCUT2D eigenvalue weighted by Crippen LogP contribution is -2.30. The summed E-state index contributed by atoms with van der Waals surface area (Å²) in [4.78, 5) is 0. The maximum absolute atomic E-state index is 10.9. The van der Waals surface area contributed by atoms with Crippen molar-refractivity contribution < 1.29 is 8.42 Å². The zero-order valence-electron chi connectivity index (χ0n) is 7.54. The summed E-state index contributed by atoms with van der Waals surface area (Å²) in [5.74, 6) is 0.924. The second-order valence-corrected chi connectivity index (χ2v) is 5.89. The van der Waals surface area contributed by atoms with Crippen molar-refractivity contribution in [3.05, 3.63) is 0 Å². The predicted octanol–water partition coefficient (Wildman–Crippen LogP) is 0.421. The Morgan fingerprint density at radius 3 is 2.75 bits per heavy atom. The highest BCUT2D eigenvalue weighted by atomic mass is 32.2. The first-order chi connectivity index (χ1) is 5.58. The number of hydrogen-bond acceptors (Lipinski definition) is 3. The average molecular weight is 191 g/mol. The van der Waals surface area contributed by atoms with Crippen molar-refractivity contribution in [2.75, 3.05) is 25.1 Å². The molecule has 1 saturated heterocycles. The smallest absolute Gasteiger partial charge is 0.147 e. The minimum absolute atomic E-state index is 0.347. The molecule has 0 spiro atoms. The molecule has 0 aromatic carbocycles. The van der Waals surface area contributed by atoms with Crippen molar-refractivity contribution in [1.29, 1.82) is 0 Å². The molecule has 0 aromatic rings. The molecule has 1 heterocycles. The third-order valence-corrected chi connectivity index (χ3v) is 3.27. The summed E-state index contributed by atoms with van der Waals surface area (Å²) < 4.78 is 21.7. The maximum Gasteiger partial charge on any atom is 0.147 e. The zero-order chi connectivity index (χ0) is 9.03. The molecule has 0 radical (unpaired) electrons. The van der Waals surface area contributed by atoms with E-state index in [0.717, 1.165) is 19.5 Å². The minimum Gasteiger partial charge on any atom is -0.316 e. The molecule has 0 bridgehead atoms. The fourth-order valence-corrected chi connectivity index (χ4v) is 2.31. The molecule has 0 aliphatic carbocycles. The van der Waals surface area contributed by atoms with E-state index in [0.29, 0.717) is 11.7 Å². The Bertz CT molecular complexity index is 217. The molecule has 0 unspecified atom stereocenters. The number of piperidine rings is 1. The molecule has 1 atom stereocenters. The van der Waals surface area contributed by atoms with Gasteiger partial charge in [0.25, 0.3) is 0 Å². The van der Waals surface area contributed by atoms with E-state index in [-0.39, 0.29) is 0 Å². The number of hydrogen-bond donors (Lipinski definition) is 1. The number of sulfone groups is 1. The van der Waals surface area contributed by atoms with E-state index in [2.05, 4.69) is 5.32 Å². The third-order valence-electron chi connectivity index (χ3n) is 2.30. The van der Waals surface area contributed by atoms with Crippen LogP contribution in [-0.4, -0.2) is 33.5 Å². The number of nitrogens with one attached hydrogen (secondary N) is 1. The van der Waals surface area contributed by atoms with Crippen LogP contribution < -0.4 is 5.32 Å². The molecule has 0 amide bonds. The van der Waals surface area contributed by atoms with E-state index >= 15 is 0 Å². The molecular formula is C8H17NO2S. The average Bonchev–Trinajstić information content (AvgIpc) is 2.02. The molecule has 1 rings (SSSR count). The Hall–Kier alpha value is -0.0900. The van der Waals surface area contributed by atoms with Crippen LogP contribution in [0.4, 0.5) is 0 Å². The van der Waals surface area contributed by atoms with E-state index in [9.17, 15) is 8.42 Å². The van der Waals surface area contributed by atoms with E-state index in [1.54, 1.807) is 0 Å². The Morgan fingerprint density at radius 1 is 1.50 bits per heavy atom. The Balaban J connectivity index is 2.22. The van der Waals surface area contributed by atoms with Gasteiger partial charge in [-0.25, -0.2) is 8.42 Å². The molecule has 72 valence electrons. The second-order valence-electron chi connectivity index (χ2n) is 3.63. The standard InChI is InChI=1S/C8H17NO2S/c1-12(10,11)6-4-8-3-2-5-9-7-8/h8-9H,2-7H2,1H3/t8-/m1/s1. The molecule has 3 nitrogen and oxygen atoms in total. The van der Waals surface area contributed by atoms with Gasteiger partial charge < -0.3 is 5.32 Å². The monoisotopic (exact) mass is 191 g/mol. The van der Waals surface area contributed by atoms with Crippen LogP contribution in [0.2, 0.25) is 0 Å². The Kier molecular flexibility index (Phi) is 3.53. The zero-order valence-corrected chi connectivity index (χ0v) is 8.36. The van der Waals surface area contributed by atoms with Gasteiger partial charge in [-0.15, -0.1) is 0 Å². The molecule has 12 heavy (non-hydrogen) atoms. The van der Waals surface area contributed by atoms with E-state index in [4.69, 9.17) is 0 Å². The summed E-state index contributed by atoms with van der Waals surface area (Å²) >= 11 is 0. The Labute approximate surface area is 74.5 Å². The van der Waals surface area contributed by atoms with Crippen LogP contribution in [0.25, 0.3) is 0 Å². The minimum atomic E-state index is -2.75. The molecule has 1 aliphatic heterocycles. The normalized spacial score (nSPS) is 25.6. The lowest BCUT2D eigenvalue weighted by molar-refractivity contribution is 0.369. The largest absolute Gasteiger partial charge is 0.316 e. The van der Waals surface area contributed by atoms with Crippen molar-refractivity contribution in [2.24, 2.45) is 5.92 Å². The summed E-state index contributed by atoms with van der Waals surface area (Å²) in [6.45, 7) is 2.09. The van der Waals surface area contributed by atoms with Crippen molar-refractivity contribution in [1.82, 2.24) is 5.32 Å². The molecule has 1 N–H and O–H groups in total. The third kappa shape index (κ3) is 4.07. The van der Waals surface area contributed by atoms with Crippen LogP contribution >= 0.6 is 0 Å². The van der Waals surface area contributed by atoms with Crippen LogP contribution in [0.1, 0.15) is 19.3 Å². The van der Waals surface area contributed by atoms with Gasteiger partial charge >= 0.3 is 0 Å². The highest BCUT2D eigenvalue weighted by Crippen LogP contribution is 2.14. The SMILES string of the molecule is CS(=O)(=O)CC[C@H]1CCCNC1. The van der Waals surface area contributed by atoms with E-state index in [1.807, 2.05) is 0 Å². The summed E-state index contributed by atoms with van der Waals surface area (Å²) in [6, 6.07) is 0. The molecule has 4 heteroatoms. The molecule has 1 fully saturated rings. The van der Waals surface area contributed by atoms with Crippen molar-refractivity contribution in [2.45, 2.75) is 19.3 Å². The van der Waals surface area contributed by atoms with Gasteiger partial charge in [0.05, 0.1) is 5.75 Å². The van der Waals surface area contributed by atoms with Crippen molar-refractivity contribution in [3.8, 4) is 0 Å². The Morgan fingerprint density at radius 2 is 2.25 bits per heavy atom. The van der Waals surface area contributed by atoms with Gasteiger partial charge in [-0.2, -0.15) is 0 Å². The molecule has 1 aliphatic rings. The fourth-order valence-electron chi connectivity index (χ4n) is 1.55. The van der Waals surface area contributed by atoms with Gasteiger partial charge in [-0.3, -0.25) is 0 Å². The summed E-state index contributed by atoms with van der Waals surface area (Å²) in [7, 11) is -2.75. The summed E-state index contributed by atoms with van der Waals surface area (Å²) in [5, 5.41) is 3.28. The van der Waals surface area contributed by atoms with E-state index in [1.165, 1.54) is 19.1 Å². The first-order valence-electron chi connectivity index (χ1n) is 4.46. The van der Waals surface area contributed by atoms with E-state index < -0.39 is 9.84 Å². The van der Waals surface area contributed by atoms with Crippen LogP contribution in [0.15, 0.2) is 0 Å². The molecule has 0 saturated carbocycles. The first-order valence-corrected chi connectivity index (χ1v) is 6.52. The maximum atomic E-state index is 10.9. The van der Waals surface area contributed by atoms with Crippen LogP contribution in [0.5, 0.6) is 0 Å². The highest BCUT2D eigenvalue weighted by molar-refractivity contribution is 7.90. The lowest BCUT2D eigenvalue weighted by atomic mass is 9.97. The molecule has 0 aromatic heterocycles. The topological polar surface area (TPSA) is 46.2 Å². The van der Waals surface area contributed by atoms with Crippen molar-refractivity contribution in [3.63, 3.8) is 0 Å². The summed E-state index contributed by atoms with van der Waals surface area (Å²) in [6.07, 6.45) is 4.51. The highest BCUT2D eigenvalue weighted by Gasteiger charge is 2.14. The van der Waals surface area contributed by atoms with Gasteiger partial charge in [0, 0.05) is 6.26 Å². The fraction of sp³-hybridized carbons (Fsp3) is 1.00. The lowest BCUT2D eigenvalue weighted by Gasteiger charge is -2.21. The van der Waals surface area contributed by atoms with Gasteiger partial charge in [0.1, 0.15) is 9.84 Å². The van der Waals surface area contributed by atoms with Gasteiger partial charge in [-0.1, -0.05) is 0 Å². The van der Waals surface area contributed by atoms with Gasteiger partial charge in [0.2, 0.25) is 0 Å². The van der Waals surface area contributed by atoms with Gasteiger partial charge in [0.15, 0.2) is 0 Å². The van der Waals surface area contributed by atoms with Crippen LogP contribution in [-0.2, 0) is 9.84 Å². The van der Waals surface area contributed by atoms with Gasteiger partial charge in [-0.05, 0) is 38.3 Å². The van der Waals surface area contributed by atoms with Crippen molar-refractivity contribution >= 4 is 9.84 Å².